The number of ether oxygens (including phenoxy) is 2. The normalized spacial score (nSPS) is 19.6. The number of carbonyl (C=O) groups excluding carboxylic acids is 2. The summed E-state index contributed by atoms with van der Waals surface area (Å²) in [6.07, 6.45) is 2.30. The largest absolute Gasteiger partial charge is 0.492 e. The number of carbonyl (C=O) groups is 2. The predicted molar refractivity (Wildman–Crippen MR) is 136 cm³/mol. The number of fused-ring (bicyclic) bond motifs is 1. The number of piperidine rings is 1. The van der Waals surface area contributed by atoms with E-state index in [-0.39, 0.29) is 42.3 Å². The number of alkyl halides is 1. The Morgan fingerprint density at radius 1 is 1.21 bits per heavy atom. The van der Waals surface area contributed by atoms with Gasteiger partial charge in [-0.15, -0.1) is 0 Å². The number of benzene rings is 1. The van der Waals surface area contributed by atoms with Gasteiger partial charge in [-0.3, -0.25) is 9.59 Å². The van der Waals surface area contributed by atoms with Crippen LogP contribution in [0.5, 0.6) is 5.75 Å². The van der Waals surface area contributed by atoms with Gasteiger partial charge in [-0.2, -0.15) is 0 Å². The number of likely N-dealkylation sites (tertiary alicyclic amines) is 1. The average molecular weight is 528 g/mol. The fourth-order valence-corrected chi connectivity index (χ4v) is 4.83. The first-order valence-electron chi connectivity index (χ1n) is 12.8. The van der Waals surface area contributed by atoms with E-state index in [1.165, 1.54) is 18.3 Å². The minimum Gasteiger partial charge on any atom is -0.492 e. The molecule has 5 rings (SSSR count). The molecule has 11 heteroatoms. The third-order valence-corrected chi connectivity index (χ3v) is 7.18. The number of hydrogen-bond acceptors (Lipinski definition) is 6. The van der Waals surface area contributed by atoms with Crippen LogP contribution < -0.4 is 10.1 Å². The second kappa shape index (κ2) is 10.6. The highest BCUT2D eigenvalue weighted by Crippen LogP contribution is 2.39. The van der Waals surface area contributed by atoms with E-state index in [4.69, 9.17) is 9.47 Å². The Bertz CT molecular complexity index is 1370. The first-order chi connectivity index (χ1) is 18.3. The molecule has 9 nitrogen and oxygen atoms in total. The smallest absolute Gasteiger partial charge is 0.255 e. The Kier molecular flexibility index (Phi) is 7.29. The van der Waals surface area contributed by atoms with Gasteiger partial charge in [0.25, 0.3) is 5.91 Å². The maximum absolute atomic E-state index is 15.5. The van der Waals surface area contributed by atoms with Crippen LogP contribution in [-0.4, -0.2) is 77.3 Å². The van der Waals surface area contributed by atoms with Crippen molar-refractivity contribution in [3.05, 3.63) is 41.1 Å². The fraction of sp³-hybridized carbons (Fsp3) is 0.481. The van der Waals surface area contributed by atoms with Gasteiger partial charge in [0.1, 0.15) is 41.9 Å². The van der Waals surface area contributed by atoms with Crippen LogP contribution in [-0.2, 0) is 9.53 Å². The molecular formula is C27H31F2N5O4. The Morgan fingerprint density at radius 2 is 2.00 bits per heavy atom. The van der Waals surface area contributed by atoms with Gasteiger partial charge in [-0.25, -0.2) is 18.7 Å². The maximum Gasteiger partial charge on any atom is 0.255 e. The molecule has 1 saturated carbocycles. The Hall–Kier alpha value is -3.60. The summed E-state index contributed by atoms with van der Waals surface area (Å²) in [7, 11) is 1.41. The number of halogens is 2. The summed E-state index contributed by atoms with van der Waals surface area (Å²) in [4.78, 5) is 38.6. The lowest BCUT2D eigenvalue weighted by molar-refractivity contribution is -0.137. The summed E-state index contributed by atoms with van der Waals surface area (Å²) in [6.45, 7) is 3.95. The number of nitrogens with one attached hydrogen (secondary N) is 2. The summed E-state index contributed by atoms with van der Waals surface area (Å²) in [5, 5.41) is 2.76. The third kappa shape index (κ3) is 5.07. The molecule has 1 saturated heterocycles. The molecule has 3 aromatic rings. The lowest BCUT2D eigenvalue weighted by Gasteiger charge is -2.35. The summed E-state index contributed by atoms with van der Waals surface area (Å²) >= 11 is 0. The molecule has 38 heavy (non-hydrogen) atoms. The minimum absolute atomic E-state index is 0.116. The number of aromatic nitrogens is 3. The molecule has 202 valence electrons. The summed E-state index contributed by atoms with van der Waals surface area (Å²) < 4.78 is 41.2. The van der Waals surface area contributed by atoms with Crippen molar-refractivity contribution >= 4 is 22.8 Å². The number of hydrogen-bond donors (Lipinski definition) is 2. The molecule has 0 bridgehead atoms. The van der Waals surface area contributed by atoms with Crippen LogP contribution in [0.25, 0.3) is 22.3 Å². The third-order valence-electron chi connectivity index (χ3n) is 7.18. The number of aryl methyl sites for hydroxylation is 2. The topological polar surface area (TPSA) is 109 Å². The first kappa shape index (κ1) is 26.0. The lowest BCUT2D eigenvalue weighted by atomic mass is 10.0. The van der Waals surface area contributed by atoms with Gasteiger partial charge in [-0.05, 0) is 50.7 Å². The quantitative estimate of drug-likeness (QED) is 0.464. The molecule has 3 heterocycles. The zero-order valence-electron chi connectivity index (χ0n) is 21.6. The number of aromatic amines is 1. The number of rotatable bonds is 8. The maximum atomic E-state index is 15.5. The van der Waals surface area contributed by atoms with Crippen molar-refractivity contribution in [2.75, 3.05) is 33.4 Å². The average Bonchev–Trinajstić information content (AvgIpc) is 3.65. The molecule has 2 unspecified atom stereocenters. The first-order valence-corrected chi connectivity index (χ1v) is 12.8. The van der Waals surface area contributed by atoms with Crippen LogP contribution in [0, 0.1) is 25.6 Å². The Labute approximate surface area is 218 Å². The van der Waals surface area contributed by atoms with Gasteiger partial charge in [0.15, 0.2) is 0 Å². The van der Waals surface area contributed by atoms with E-state index in [2.05, 4.69) is 20.3 Å². The van der Waals surface area contributed by atoms with Crippen molar-refractivity contribution in [1.29, 1.82) is 0 Å². The van der Waals surface area contributed by atoms with Crippen molar-refractivity contribution in [1.82, 2.24) is 25.2 Å². The molecular weight excluding hydrogens is 496 g/mol. The number of nitrogens with zero attached hydrogens (tertiary/aromatic N) is 3. The standard InChI is InChI=1S/C27H31F2N5O4/c1-14-4-7-19(38-11-16-5-6-16)22(23(14)29)25-26-24(30-13-31-25)21(15(2)32-26)27(36)33-18-8-9-34(10-17(18)28)20(35)12-37-3/h4,7,13,16-18,32H,5-6,8-12H2,1-3H3,(H,33,36). The van der Waals surface area contributed by atoms with Gasteiger partial charge in [0.2, 0.25) is 5.91 Å². The fourth-order valence-electron chi connectivity index (χ4n) is 4.83. The van der Waals surface area contributed by atoms with Gasteiger partial charge < -0.3 is 24.7 Å². The van der Waals surface area contributed by atoms with Crippen molar-refractivity contribution < 1.29 is 27.8 Å². The number of amides is 2. The Morgan fingerprint density at radius 3 is 2.71 bits per heavy atom. The second-order valence-corrected chi connectivity index (χ2v) is 10.1. The lowest BCUT2D eigenvalue weighted by Crippen LogP contribution is -2.54. The molecule has 0 radical (unpaired) electrons. The molecule has 1 aromatic carbocycles. The van der Waals surface area contributed by atoms with E-state index >= 15 is 4.39 Å². The van der Waals surface area contributed by atoms with E-state index in [1.807, 2.05) is 0 Å². The van der Waals surface area contributed by atoms with E-state index in [0.717, 1.165) is 12.8 Å². The molecule has 0 spiro atoms. The highest BCUT2D eigenvalue weighted by Gasteiger charge is 2.34. The molecule has 2 N–H and O–H groups in total. The van der Waals surface area contributed by atoms with Crippen LogP contribution in [0.3, 0.4) is 0 Å². The Balaban J connectivity index is 1.43. The summed E-state index contributed by atoms with van der Waals surface area (Å²) in [5.74, 6) is -0.386. The highest BCUT2D eigenvalue weighted by atomic mass is 19.1. The van der Waals surface area contributed by atoms with Crippen molar-refractivity contribution in [3.8, 4) is 17.0 Å². The summed E-state index contributed by atoms with van der Waals surface area (Å²) in [6, 6.07) is 2.63. The zero-order valence-corrected chi connectivity index (χ0v) is 21.6. The molecule has 2 atom stereocenters. The van der Waals surface area contributed by atoms with Crippen LogP contribution >= 0.6 is 0 Å². The monoisotopic (exact) mass is 527 g/mol. The van der Waals surface area contributed by atoms with Crippen LogP contribution in [0.2, 0.25) is 0 Å². The van der Waals surface area contributed by atoms with E-state index in [9.17, 15) is 14.0 Å². The molecule has 1 aliphatic heterocycles. The van der Waals surface area contributed by atoms with E-state index in [0.29, 0.717) is 47.1 Å². The van der Waals surface area contributed by atoms with Gasteiger partial charge in [0.05, 0.1) is 35.8 Å². The molecule has 2 fully saturated rings. The van der Waals surface area contributed by atoms with Gasteiger partial charge >= 0.3 is 0 Å². The SMILES string of the molecule is COCC(=O)N1CCC(NC(=O)c2c(C)[nH]c3c(-c4c(OCC5CC5)ccc(C)c4F)ncnc23)C(F)C1. The molecule has 1 aliphatic carbocycles. The van der Waals surface area contributed by atoms with E-state index < -0.39 is 23.9 Å². The van der Waals surface area contributed by atoms with Gasteiger partial charge in [-0.1, -0.05) is 6.07 Å². The molecule has 2 aromatic heterocycles. The predicted octanol–water partition coefficient (Wildman–Crippen LogP) is 3.48. The second-order valence-electron chi connectivity index (χ2n) is 10.1. The van der Waals surface area contributed by atoms with Crippen LogP contribution in [0.1, 0.15) is 40.9 Å². The highest BCUT2D eigenvalue weighted by molar-refractivity contribution is 6.09. The molecule has 2 amide bonds. The summed E-state index contributed by atoms with van der Waals surface area (Å²) in [5.41, 5.74) is 2.38. The minimum atomic E-state index is -1.43. The van der Waals surface area contributed by atoms with Crippen LogP contribution in [0.4, 0.5) is 8.78 Å². The van der Waals surface area contributed by atoms with Crippen LogP contribution in [0.15, 0.2) is 18.5 Å². The van der Waals surface area contributed by atoms with Crippen molar-refractivity contribution in [2.45, 2.75) is 45.3 Å². The zero-order chi connectivity index (χ0) is 27.0. The van der Waals surface area contributed by atoms with Gasteiger partial charge in [0, 0.05) is 19.3 Å². The van der Waals surface area contributed by atoms with E-state index in [1.54, 1.807) is 26.0 Å². The number of H-pyrrole nitrogens is 1. The number of methoxy groups -OCH3 is 1. The molecule has 2 aliphatic rings. The van der Waals surface area contributed by atoms with Crippen molar-refractivity contribution in [2.24, 2.45) is 5.92 Å². The van der Waals surface area contributed by atoms with Crippen molar-refractivity contribution in [3.63, 3.8) is 0 Å².